The molecule has 1 aliphatic rings. The molecule has 0 unspecified atom stereocenters. The summed E-state index contributed by atoms with van der Waals surface area (Å²) < 4.78 is 11.0. The summed E-state index contributed by atoms with van der Waals surface area (Å²) in [6.45, 7) is 0.570. The molecule has 1 heterocycles. The molecule has 1 aliphatic heterocycles. The highest BCUT2D eigenvalue weighted by Gasteiger charge is 2.14. The number of nitriles is 1. The van der Waals surface area contributed by atoms with Crippen LogP contribution in [0.25, 0.3) is 0 Å². The number of halogens is 1. The van der Waals surface area contributed by atoms with Gasteiger partial charge in [0.2, 0.25) is 0 Å². The standard InChI is InChI=1S/C14H8BClNO2/c16-14-6-12(2-1-9(14)7-17)19-11-3-4-13-10(5-11)8-18-15-13/h1-6H,8H2. The number of hydrogen-bond acceptors (Lipinski definition) is 3. The minimum Gasteiger partial charge on any atom is -0.457 e. The highest BCUT2D eigenvalue weighted by atomic mass is 35.5. The molecule has 0 atom stereocenters. The monoisotopic (exact) mass is 268 g/mol. The Morgan fingerprint density at radius 1 is 1.21 bits per heavy atom. The van der Waals surface area contributed by atoms with Crippen molar-refractivity contribution in [3.05, 3.63) is 52.5 Å². The summed E-state index contributed by atoms with van der Waals surface area (Å²) >= 11 is 5.96. The van der Waals surface area contributed by atoms with Gasteiger partial charge >= 0.3 is 7.48 Å². The van der Waals surface area contributed by atoms with E-state index < -0.39 is 0 Å². The summed E-state index contributed by atoms with van der Waals surface area (Å²) in [4.78, 5) is 0. The molecule has 91 valence electrons. The lowest BCUT2D eigenvalue weighted by molar-refractivity contribution is 0.344. The van der Waals surface area contributed by atoms with E-state index in [2.05, 4.69) is 0 Å². The summed E-state index contributed by atoms with van der Waals surface area (Å²) in [5.41, 5.74) is 2.61. The molecule has 0 amide bonds. The van der Waals surface area contributed by atoms with Crippen molar-refractivity contribution >= 4 is 24.5 Å². The molecule has 2 aromatic rings. The van der Waals surface area contributed by atoms with Crippen LogP contribution in [-0.2, 0) is 11.3 Å². The molecule has 0 saturated heterocycles. The van der Waals surface area contributed by atoms with Crippen LogP contribution in [0.4, 0.5) is 0 Å². The maximum absolute atomic E-state index is 8.81. The maximum atomic E-state index is 8.81. The highest BCUT2D eigenvalue weighted by molar-refractivity contribution is 6.48. The van der Waals surface area contributed by atoms with Crippen LogP contribution in [0.15, 0.2) is 36.4 Å². The fourth-order valence-corrected chi connectivity index (χ4v) is 2.11. The molecule has 0 aromatic heterocycles. The predicted molar refractivity (Wildman–Crippen MR) is 72.9 cm³/mol. The molecule has 0 N–H and O–H groups in total. The molecule has 2 aromatic carbocycles. The van der Waals surface area contributed by atoms with Crippen LogP contribution in [0, 0.1) is 11.3 Å². The van der Waals surface area contributed by atoms with E-state index in [1.807, 2.05) is 24.3 Å². The number of fused-ring (bicyclic) bond motifs is 1. The molecule has 0 fully saturated rings. The Balaban J connectivity index is 1.85. The lowest BCUT2D eigenvalue weighted by atomic mass is 9.87. The molecule has 1 radical (unpaired) electrons. The van der Waals surface area contributed by atoms with Gasteiger partial charge in [0.25, 0.3) is 0 Å². The van der Waals surface area contributed by atoms with E-state index in [4.69, 9.17) is 26.3 Å². The van der Waals surface area contributed by atoms with Gasteiger partial charge in [-0.2, -0.15) is 5.26 Å². The van der Waals surface area contributed by atoms with E-state index in [0.29, 0.717) is 22.9 Å². The van der Waals surface area contributed by atoms with Gasteiger partial charge in [0.15, 0.2) is 0 Å². The van der Waals surface area contributed by atoms with Gasteiger partial charge in [-0.25, -0.2) is 0 Å². The summed E-state index contributed by atoms with van der Waals surface area (Å²) in [6, 6.07) is 12.8. The Kier molecular flexibility index (Phi) is 3.16. The molecule has 0 saturated carbocycles. The molecule has 5 heteroatoms. The Morgan fingerprint density at radius 2 is 2.00 bits per heavy atom. The molecule has 0 bridgehead atoms. The smallest absolute Gasteiger partial charge is 0.330 e. The molecule has 3 rings (SSSR count). The number of ether oxygens (including phenoxy) is 1. The number of rotatable bonds is 2. The van der Waals surface area contributed by atoms with Crippen LogP contribution >= 0.6 is 11.6 Å². The molecule has 0 spiro atoms. The van der Waals surface area contributed by atoms with Gasteiger partial charge in [0, 0.05) is 6.07 Å². The fourth-order valence-electron chi connectivity index (χ4n) is 1.89. The third kappa shape index (κ3) is 2.44. The zero-order chi connectivity index (χ0) is 13.2. The predicted octanol–water partition coefficient (Wildman–Crippen LogP) is 2.78. The van der Waals surface area contributed by atoms with Gasteiger partial charge in [-0.05, 0) is 35.3 Å². The van der Waals surface area contributed by atoms with Crippen molar-refractivity contribution in [1.82, 2.24) is 0 Å². The largest absolute Gasteiger partial charge is 0.457 e. The Bertz CT molecular complexity index is 673. The van der Waals surface area contributed by atoms with E-state index in [0.717, 1.165) is 16.8 Å². The first kappa shape index (κ1) is 12.1. The van der Waals surface area contributed by atoms with Crippen molar-refractivity contribution < 1.29 is 9.39 Å². The molecule has 3 nitrogen and oxygen atoms in total. The number of nitrogens with zero attached hydrogens (tertiary/aromatic N) is 1. The average molecular weight is 268 g/mol. The van der Waals surface area contributed by atoms with E-state index in [-0.39, 0.29) is 0 Å². The molecular weight excluding hydrogens is 260 g/mol. The lowest BCUT2D eigenvalue weighted by Crippen LogP contribution is -2.10. The van der Waals surface area contributed by atoms with Crippen LogP contribution in [0.3, 0.4) is 0 Å². The van der Waals surface area contributed by atoms with Crippen molar-refractivity contribution in [3.8, 4) is 17.6 Å². The van der Waals surface area contributed by atoms with Crippen molar-refractivity contribution in [1.29, 1.82) is 5.26 Å². The first-order valence-electron chi connectivity index (χ1n) is 5.71. The van der Waals surface area contributed by atoms with Gasteiger partial charge in [-0.3, -0.25) is 0 Å². The van der Waals surface area contributed by atoms with Crippen LogP contribution in [0.2, 0.25) is 5.02 Å². The number of hydrogen-bond donors (Lipinski definition) is 0. The van der Waals surface area contributed by atoms with Crippen molar-refractivity contribution in [2.24, 2.45) is 0 Å². The zero-order valence-electron chi connectivity index (χ0n) is 9.89. The van der Waals surface area contributed by atoms with Gasteiger partial charge < -0.3 is 9.39 Å². The van der Waals surface area contributed by atoms with E-state index in [1.54, 1.807) is 25.7 Å². The minimum atomic E-state index is 0.387. The third-order valence-corrected chi connectivity index (χ3v) is 3.17. The molecule has 0 aliphatic carbocycles. The Labute approximate surface area is 116 Å². The summed E-state index contributed by atoms with van der Waals surface area (Å²) in [7, 11) is 1.73. The fraction of sp³-hybridized carbons (Fsp3) is 0.0714. The second-order valence-electron chi connectivity index (χ2n) is 4.14. The average Bonchev–Trinajstić information content (AvgIpc) is 2.86. The Hall–Kier alpha value is -1.96. The van der Waals surface area contributed by atoms with E-state index >= 15 is 0 Å². The maximum Gasteiger partial charge on any atom is 0.330 e. The molecule has 19 heavy (non-hydrogen) atoms. The third-order valence-electron chi connectivity index (χ3n) is 2.86. The van der Waals surface area contributed by atoms with Crippen LogP contribution in [-0.4, -0.2) is 7.48 Å². The SMILES string of the molecule is N#Cc1ccc(Oc2ccc3c(c2)CO[B]3)cc1Cl. The van der Waals surface area contributed by atoms with Crippen molar-refractivity contribution in [3.63, 3.8) is 0 Å². The zero-order valence-corrected chi connectivity index (χ0v) is 10.6. The summed E-state index contributed by atoms with van der Waals surface area (Å²) in [5, 5.41) is 9.20. The Morgan fingerprint density at radius 3 is 2.79 bits per heavy atom. The van der Waals surface area contributed by atoms with Gasteiger partial charge in [-0.1, -0.05) is 17.7 Å². The summed E-state index contributed by atoms with van der Waals surface area (Å²) in [5.74, 6) is 1.32. The van der Waals surface area contributed by atoms with Crippen LogP contribution in [0.5, 0.6) is 11.5 Å². The normalized spacial score (nSPS) is 12.4. The summed E-state index contributed by atoms with van der Waals surface area (Å²) in [6.07, 6.45) is 0. The lowest BCUT2D eigenvalue weighted by Gasteiger charge is -2.08. The van der Waals surface area contributed by atoms with Crippen LogP contribution in [0.1, 0.15) is 11.1 Å². The van der Waals surface area contributed by atoms with Crippen molar-refractivity contribution in [2.45, 2.75) is 6.61 Å². The number of benzene rings is 2. The quantitative estimate of drug-likeness (QED) is 0.787. The van der Waals surface area contributed by atoms with E-state index in [9.17, 15) is 0 Å². The van der Waals surface area contributed by atoms with Gasteiger partial charge in [0.05, 0.1) is 17.2 Å². The highest BCUT2D eigenvalue weighted by Crippen LogP contribution is 2.27. The van der Waals surface area contributed by atoms with Crippen LogP contribution < -0.4 is 10.2 Å². The van der Waals surface area contributed by atoms with Gasteiger partial charge in [-0.15, -0.1) is 0 Å². The molecular formula is C14H8BClNO2. The first-order chi connectivity index (χ1) is 9.26. The first-order valence-corrected chi connectivity index (χ1v) is 6.09. The second-order valence-corrected chi connectivity index (χ2v) is 4.55. The van der Waals surface area contributed by atoms with Gasteiger partial charge in [0.1, 0.15) is 17.6 Å². The van der Waals surface area contributed by atoms with E-state index in [1.165, 1.54) is 0 Å². The minimum absolute atomic E-state index is 0.387. The second kappa shape index (κ2) is 4.97. The van der Waals surface area contributed by atoms with Crippen molar-refractivity contribution in [2.75, 3.05) is 0 Å². The topological polar surface area (TPSA) is 42.2 Å².